The Morgan fingerprint density at radius 1 is 1.30 bits per heavy atom. The molecule has 2 amide bonds. The second-order valence-corrected chi connectivity index (χ2v) is 7.92. The number of fused-ring (bicyclic) bond motifs is 1. The highest BCUT2D eigenvalue weighted by Crippen LogP contribution is 2.38. The molecule has 1 unspecified atom stereocenters. The number of hydrogen-bond acceptors (Lipinski definition) is 7. The van der Waals surface area contributed by atoms with Crippen LogP contribution in [-0.4, -0.2) is 65.4 Å². The molecule has 1 aliphatic heterocycles. The zero-order chi connectivity index (χ0) is 22.8. The number of likely N-dealkylation sites (N-methyl/N-ethyl adjacent to an activating group) is 1. The third-order valence-electron chi connectivity index (χ3n) is 5.13. The molecule has 1 atom stereocenters. The number of benzene rings is 1. The predicted molar refractivity (Wildman–Crippen MR) is 107 cm³/mol. The van der Waals surface area contributed by atoms with Gasteiger partial charge in [-0.25, -0.2) is 4.79 Å². The Hall–Kier alpha value is -3.17. The van der Waals surface area contributed by atoms with Gasteiger partial charge in [0.1, 0.15) is 0 Å². The molecule has 10 nitrogen and oxygen atoms in total. The number of hydrogen-bond donors (Lipinski definition) is 0. The normalized spacial score (nSPS) is 15.8. The third kappa shape index (κ3) is 4.37. The van der Waals surface area contributed by atoms with Gasteiger partial charge in [0, 0.05) is 25.2 Å². The molecule has 0 radical (unpaired) electrons. The first kappa shape index (κ1) is 23.1. The first-order chi connectivity index (χ1) is 13.9. The van der Waals surface area contributed by atoms with Gasteiger partial charge in [0.25, 0.3) is 0 Å². The van der Waals surface area contributed by atoms with Gasteiger partial charge in [-0.15, -0.1) is 0 Å². The first-order valence-electron chi connectivity index (χ1n) is 9.54. The van der Waals surface area contributed by atoms with Crippen molar-refractivity contribution in [1.82, 2.24) is 9.80 Å². The van der Waals surface area contributed by atoms with Crippen LogP contribution in [0.1, 0.15) is 44.9 Å². The molecule has 0 saturated heterocycles. The molecule has 30 heavy (non-hydrogen) atoms. The van der Waals surface area contributed by atoms with Crippen molar-refractivity contribution < 1.29 is 28.8 Å². The van der Waals surface area contributed by atoms with Crippen molar-refractivity contribution in [3.8, 4) is 5.75 Å². The van der Waals surface area contributed by atoms with Gasteiger partial charge in [-0.05, 0) is 51.3 Å². The minimum Gasteiger partial charge on any atom is -0.490 e. The fourth-order valence-electron chi connectivity index (χ4n) is 3.21. The van der Waals surface area contributed by atoms with Gasteiger partial charge < -0.3 is 19.3 Å². The van der Waals surface area contributed by atoms with Crippen LogP contribution >= 0.6 is 0 Å². The summed E-state index contributed by atoms with van der Waals surface area (Å²) in [4.78, 5) is 51.8. The molecule has 1 aromatic carbocycles. The monoisotopic (exact) mass is 421 g/mol. The Labute approximate surface area is 174 Å². The molecule has 1 aromatic rings. The number of methoxy groups -OCH3 is 1. The molecule has 0 spiro atoms. The van der Waals surface area contributed by atoms with Crippen LogP contribution in [0, 0.1) is 10.1 Å². The highest BCUT2D eigenvalue weighted by atomic mass is 16.6. The number of nitro benzene ring substituents is 1. The fourth-order valence-corrected chi connectivity index (χ4v) is 3.21. The highest BCUT2D eigenvalue weighted by molar-refractivity contribution is 6.35. The van der Waals surface area contributed by atoms with Gasteiger partial charge in [-0.2, -0.15) is 0 Å². The van der Waals surface area contributed by atoms with E-state index < -0.39 is 34.3 Å². The second-order valence-electron chi connectivity index (χ2n) is 7.92. The number of rotatable bonds is 4. The van der Waals surface area contributed by atoms with Crippen LogP contribution in [-0.2, 0) is 25.5 Å². The average molecular weight is 421 g/mol. The van der Waals surface area contributed by atoms with E-state index >= 15 is 0 Å². The first-order valence-corrected chi connectivity index (χ1v) is 9.54. The summed E-state index contributed by atoms with van der Waals surface area (Å²) in [5.41, 5.74) is -0.0626. The number of nitro groups is 1. The van der Waals surface area contributed by atoms with Crippen LogP contribution in [0.15, 0.2) is 12.1 Å². The van der Waals surface area contributed by atoms with Crippen molar-refractivity contribution in [3.05, 3.63) is 33.4 Å². The minimum absolute atomic E-state index is 0.0563. The number of carbonyl (C=O) groups excluding carboxylic acids is 3. The maximum absolute atomic E-state index is 13.0. The summed E-state index contributed by atoms with van der Waals surface area (Å²) in [5, 5.41) is 11.5. The zero-order valence-electron chi connectivity index (χ0n) is 18.1. The standard InChI is InChI=1S/C20H27N3O7/c1-7-30-19(26)16-13-11-14(23(27)28)15(29-6)10-12(13)8-9-22(16)18(25)17(24)21(5)20(2,3)4/h10-11,16H,7-9H2,1-6H3. The van der Waals surface area contributed by atoms with E-state index in [-0.39, 0.29) is 30.2 Å². The second kappa shape index (κ2) is 8.68. The largest absolute Gasteiger partial charge is 0.490 e. The average Bonchev–Trinajstić information content (AvgIpc) is 2.69. The summed E-state index contributed by atoms with van der Waals surface area (Å²) in [6.45, 7) is 7.09. The smallest absolute Gasteiger partial charge is 0.333 e. The van der Waals surface area contributed by atoms with Gasteiger partial charge in [-0.1, -0.05) is 0 Å². The molecule has 0 aliphatic carbocycles. The lowest BCUT2D eigenvalue weighted by atomic mass is 9.91. The summed E-state index contributed by atoms with van der Waals surface area (Å²) >= 11 is 0. The number of ether oxygens (including phenoxy) is 2. The van der Waals surface area contributed by atoms with Crippen molar-refractivity contribution in [2.24, 2.45) is 0 Å². The summed E-state index contributed by atoms with van der Waals surface area (Å²) in [7, 11) is 2.82. The molecule has 10 heteroatoms. The summed E-state index contributed by atoms with van der Waals surface area (Å²) < 4.78 is 10.2. The molecule has 2 rings (SSSR count). The topological polar surface area (TPSA) is 119 Å². The van der Waals surface area contributed by atoms with Gasteiger partial charge in [0.05, 0.1) is 18.6 Å². The molecule has 0 aromatic heterocycles. The molecule has 0 fully saturated rings. The van der Waals surface area contributed by atoms with E-state index in [2.05, 4.69) is 0 Å². The molecule has 0 N–H and O–H groups in total. The number of esters is 1. The van der Waals surface area contributed by atoms with E-state index in [1.807, 2.05) is 0 Å². The lowest BCUT2D eigenvalue weighted by Crippen LogP contribution is -2.53. The Kier molecular flexibility index (Phi) is 6.69. The zero-order valence-corrected chi connectivity index (χ0v) is 18.1. The van der Waals surface area contributed by atoms with E-state index in [9.17, 15) is 24.5 Å². The van der Waals surface area contributed by atoms with E-state index in [1.54, 1.807) is 27.7 Å². The fraction of sp³-hybridized carbons (Fsp3) is 0.550. The maximum Gasteiger partial charge on any atom is 0.333 e. The quantitative estimate of drug-likeness (QED) is 0.315. The van der Waals surface area contributed by atoms with Crippen LogP contribution in [0.25, 0.3) is 0 Å². The molecular formula is C20H27N3O7. The third-order valence-corrected chi connectivity index (χ3v) is 5.13. The Balaban J connectivity index is 2.56. The van der Waals surface area contributed by atoms with Crippen LogP contribution in [0.2, 0.25) is 0 Å². The van der Waals surface area contributed by atoms with E-state index in [0.29, 0.717) is 12.0 Å². The number of carbonyl (C=O) groups is 3. The maximum atomic E-state index is 13.0. The van der Waals surface area contributed by atoms with Crippen LogP contribution in [0.5, 0.6) is 5.75 Å². The van der Waals surface area contributed by atoms with Crippen LogP contribution in [0.3, 0.4) is 0 Å². The summed E-state index contributed by atoms with van der Waals surface area (Å²) in [6, 6.07) is 1.45. The Morgan fingerprint density at radius 2 is 1.93 bits per heavy atom. The van der Waals surface area contributed by atoms with Crippen molar-refractivity contribution in [2.45, 2.75) is 45.7 Å². The molecule has 0 saturated carbocycles. The summed E-state index contributed by atoms with van der Waals surface area (Å²) in [6.07, 6.45) is 0.303. The van der Waals surface area contributed by atoms with Crippen molar-refractivity contribution in [1.29, 1.82) is 0 Å². The van der Waals surface area contributed by atoms with Crippen molar-refractivity contribution >= 4 is 23.5 Å². The minimum atomic E-state index is -1.26. The molecule has 1 aliphatic rings. The van der Waals surface area contributed by atoms with Crippen LogP contribution < -0.4 is 4.74 Å². The van der Waals surface area contributed by atoms with Gasteiger partial charge >= 0.3 is 23.5 Å². The van der Waals surface area contributed by atoms with Gasteiger partial charge in [0.2, 0.25) is 0 Å². The molecule has 164 valence electrons. The lowest BCUT2D eigenvalue weighted by molar-refractivity contribution is -0.385. The summed E-state index contributed by atoms with van der Waals surface area (Å²) in [5.74, 6) is -2.33. The van der Waals surface area contributed by atoms with Crippen molar-refractivity contribution in [3.63, 3.8) is 0 Å². The predicted octanol–water partition coefficient (Wildman–Crippen LogP) is 1.85. The highest BCUT2D eigenvalue weighted by Gasteiger charge is 2.42. The number of amides is 2. The van der Waals surface area contributed by atoms with E-state index in [1.165, 1.54) is 31.2 Å². The van der Waals surface area contributed by atoms with Crippen LogP contribution in [0.4, 0.5) is 5.69 Å². The molecule has 1 heterocycles. The van der Waals surface area contributed by atoms with Gasteiger partial charge in [-0.3, -0.25) is 19.7 Å². The Bertz CT molecular complexity index is 876. The van der Waals surface area contributed by atoms with Gasteiger partial charge in [0.15, 0.2) is 11.8 Å². The van der Waals surface area contributed by atoms with E-state index in [0.717, 1.165) is 4.90 Å². The number of nitrogens with zero attached hydrogens (tertiary/aromatic N) is 3. The SMILES string of the molecule is CCOC(=O)C1c2cc([N+](=O)[O-])c(OC)cc2CCN1C(=O)C(=O)N(C)C(C)(C)C. The molecule has 0 bridgehead atoms. The van der Waals surface area contributed by atoms with Crippen molar-refractivity contribution in [2.75, 3.05) is 27.3 Å². The molecular weight excluding hydrogens is 394 g/mol. The lowest BCUT2D eigenvalue weighted by Gasteiger charge is -2.38. The van der Waals surface area contributed by atoms with E-state index in [4.69, 9.17) is 9.47 Å². The Morgan fingerprint density at radius 3 is 2.43 bits per heavy atom.